The van der Waals surface area contributed by atoms with Crippen LogP contribution in [0.3, 0.4) is 0 Å². The van der Waals surface area contributed by atoms with Crippen molar-refractivity contribution in [3.05, 3.63) is 0 Å². The summed E-state index contributed by atoms with van der Waals surface area (Å²) >= 11 is 1.58. The second-order valence-electron chi connectivity index (χ2n) is 4.26. The van der Waals surface area contributed by atoms with Crippen molar-refractivity contribution in [1.82, 2.24) is 0 Å². The third-order valence-electron chi connectivity index (χ3n) is 2.80. The summed E-state index contributed by atoms with van der Waals surface area (Å²) in [6.45, 7) is -0.00346. The van der Waals surface area contributed by atoms with Crippen molar-refractivity contribution in [3.8, 4) is 0 Å². The molecule has 1 heterocycles. The molecule has 1 aliphatic rings. The van der Waals surface area contributed by atoms with Crippen molar-refractivity contribution < 1.29 is 35.0 Å². The van der Waals surface area contributed by atoms with E-state index in [9.17, 15) is 15.3 Å². The lowest BCUT2D eigenvalue weighted by Crippen LogP contribution is -2.59. The van der Waals surface area contributed by atoms with Crippen molar-refractivity contribution in [2.75, 3.05) is 31.3 Å². The number of rotatable bonds is 8. The lowest BCUT2D eigenvalue weighted by Gasteiger charge is -2.39. The average molecular weight is 298 g/mol. The highest BCUT2D eigenvalue weighted by molar-refractivity contribution is 7.99. The smallest absolute Gasteiger partial charge is 0.186 e. The molecule has 0 bridgehead atoms. The summed E-state index contributed by atoms with van der Waals surface area (Å²) in [5.74, 6) is 1.47. The summed E-state index contributed by atoms with van der Waals surface area (Å²) < 4.78 is 10.5. The third kappa shape index (κ3) is 5.16. The van der Waals surface area contributed by atoms with Gasteiger partial charge in [-0.15, -0.1) is 0 Å². The number of hydrogen-bond acceptors (Lipinski definition) is 8. The fourth-order valence-corrected chi connectivity index (χ4v) is 2.39. The van der Waals surface area contributed by atoms with E-state index in [1.165, 1.54) is 0 Å². The third-order valence-corrected chi connectivity index (χ3v) is 3.85. The molecule has 1 rings (SSSR count). The number of aliphatic hydroxyl groups excluding tert-OH is 5. The fourth-order valence-electron chi connectivity index (χ4n) is 1.73. The molecule has 0 aromatic heterocycles. The molecule has 114 valence electrons. The molecular formula is C11H22O7S. The molecule has 1 aliphatic heterocycles. The molecule has 0 saturated carbocycles. The maximum atomic E-state index is 9.68. The number of thioether (sulfide) groups is 1. The van der Waals surface area contributed by atoms with Gasteiger partial charge in [0.25, 0.3) is 0 Å². The molecule has 0 aromatic rings. The number of aliphatic hydroxyl groups is 5. The molecular weight excluding hydrogens is 276 g/mol. The quantitative estimate of drug-likeness (QED) is 0.324. The van der Waals surface area contributed by atoms with Crippen LogP contribution in [0.15, 0.2) is 0 Å². The average Bonchev–Trinajstić information content (AvgIpc) is 2.42. The summed E-state index contributed by atoms with van der Waals surface area (Å²) in [7, 11) is 0. The zero-order valence-electron chi connectivity index (χ0n) is 10.6. The minimum atomic E-state index is -1.40. The Bertz CT molecular complexity index is 241. The highest BCUT2D eigenvalue weighted by Crippen LogP contribution is 2.22. The van der Waals surface area contributed by atoms with E-state index in [0.717, 1.165) is 5.75 Å². The molecule has 0 aromatic carbocycles. The van der Waals surface area contributed by atoms with Crippen LogP contribution in [0.4, 0.5) is 0 Å². The molecule has 0 unspecified atom stereocenters. The first kappa shape index (κ1) is 17.1. The minimum absolute atomic E-state index is 0.137. The van der Waals surface area contributed by atoms with Crippen LogP contribution in [0.2, 0.25) is 0 Å². The molecule has 0 amide bonds. The molecule has 7 nitrogen and oxygen atoms in total. The highest BCUT2D eigenvalue weighted by atomic mass is 32.2. The number of hydrogen-bond donors (Lipinski definition) is 5. The molecule has 19 heavy (non-hydrogen) atoms. The van der Waals surface area contributed by atoms with Gasteiger partial charge >= 0.3 is 0 Å². The predicted octanol–water partition coefficient (Wildman–Crippen LogP) is -2.08. The summed E-state index contributed by atoms with van der Waals surface area (Å²) in [5.41, 5.74) is 0. The van der Waals surface area contributed by atoms with Crippen LogP contribution in [-0.4, -0.2) is 87.6 Å². The molecule has 1 fully saturated rings. The van der Waals surface area contributed by atoms with Crippen molar-refractivity contribution in [3.63, 3.8) is 0 Å². The zero-order valence-corrected chi connectivity index (χ0v) is 11.4. The van der Waals surface area contributed by atoms with Gasteiger partial charge in [0.1, 0.15) is 24.4 Å². The molecule has 5 N–H and O–H groups in total. The summed E-state index contributed by atoms with van der Waals surface area (Å²) in [5, 5.41) is 46.4. The van der Waals surface area contributed by atoms with Crippen LogP contribution in [0.25, 0.3) is 0 Å². The Balaban J connectivity index is 2.28. The molecule has 0 spiro atoms. The Labute approximate surface area is 116 Å². The van der Waals surface area contributed by atoms with Crippen molar-refractivity contribution in [2.45, 2.75) is 37.1 Å². The predicted molar refractivity (Wildman–Crippen MR) is 68.7 cm³/mol. The summed E-state index contributed by atoms with van der Waals surface area (Å²) in [6.07, 6.45) is -5.40. The monoisotopic (exact) mass is 298 g/mol. The second kappa shape index (κ2) is 9.09. The minimum Gasteiger partial charge on any atom is -0.396 e. The Morgan fingerprint density at radius 3 is 2.37 bits per heavy atom. The number of ether oxygens (including phenoxy) is 2. The lowest BCUT2D eigenvalue weighted by atomic mass is 9.99. The molecule has 0 aliphatic carbocycles. The van der Waals surface area contributed by atoms with Gasteiger partial charge in [-0.25, -0.2) is 0 Å². The molecule has 5 atom stereocenters. The zero-order chi connectivity index (χ0) is 14.3. The van der Waals surface area contributed by atoms with E-state index in [2.05, 4.69) is 0 Å². The van der Waals surface area contributed by atoms with E-state index in [4.69, 9.17) is 19.7 Å². The SMILES string of the molecule is OCCSCCCO[C@H]1O[C@H](CO)[C@@H](O)[C@H](O)[C@H]1O. The first-order valence-corrected chi connectivity index (χ1v) is 7.38. The van der Waals surface area contributed by atoms with E-state index < -0.39 is 37.3 Å². The first-order valence-electron chi connectivity index (χ1n) is 6.22. The van der Waals surface area contributed by atoms with Crippen LogP contribution in [-0.2, 0) is 9.47 Å². The largest absolute Gasteiger partial charge is 0.396 e. The summed E-state index contributed by atoms with van der Waals surface area (Å²) in [4.78, 5) is 0. The lowest BCUT2D eigenvalue weighted by molar-refractivity contribution is -0.300. The van der Waals surface area contributed by atoms with Gasteiger partial charge in [-0.05, 0) is 12.2 Å². The molecule has 0 radical (unpaired) electrons. The van der Waals surface area contributed by atoms with Gasteiger partial charge in [0, 0.05) is 5.75 Å². The van der Waals surface area contributed by atoms with E-state index in [1.54, 1.807) is 11.8 Å². The van der Waals surface area contributed by atoms with Crippen LogP contribution in [0.5, 0.6) is 0 Å². The maximum Gasteiger partial charge on any atom is 0.186 e. The first-order chi connectivity index (χ1) is 9.11. The van der Waals surface area contributed by atoms with E-state index in [1.807, 2.05) is 0 Å². The van der Waals surface area contributed by atoms with Crippen LogP contribution in [0, 0.1) is 0 Å². The van der Waals surface area contributed by atoms with E-state index >= 15 is 0 Å². The van der Waals surface area contributed by atoms with Gasteiger partial charge in [0.2, 0.25) is 0 Å². The van der Waals surface area contributed by atoms with Gasteiger partial charge in [0.15, 0.2) is 6.29 Å². The van der Waals surface area contributed by atoms with Crippen molar-refractivity contribution in [1.29, 1.82) is 0 Å². The van der Waals surface area contributed by atoms with E-state index in [0.29, 0.717) is 18.8 Å². The van der Waals surface area contributed by atoms with Gasteiger partial charge < -0.3 is 35.0 Å². The van der Waals surface area contributed by atoms with Gasteiger partial charge in [-0.3, -0.25) is 0 Å². The Kier molecular flexibility index (Phi) is 8.19. The molecule has 1 saturated heterocycles. The van der Waals surface area contributed by atoms with Crippen molar-refractivity contribution in [2.24, 2.45) is 0 Å². The Morgan fingerprint density at radius 1 is 1.00 bits per heavy atom. The highest BCUT2D eigenvalue weighted by Gasteiger charge is 2.43. The van der Waals surface area contributed by atoms with Crippen LogP contribution < -0.4 is 0 Å². The van der Waals surface area contributed by atoms with Crippen molar-refractivity contribution >= 4 is 11.8 Å². The normalized spacial score (nSPS) is 35.5. The van der Waals surface area contributed by atoms with E-state index in [-0.39, 0.29) is 6.61 Å². The molecule has 8 heteroatoms. The van der Waals surface area contributed by atoms with Gasteiger partial charge in [0.05, 0.1) is 19.8 Å². The Hall–Kier alpha value is 0.0700. The standard InChI is InChI=1S/C11H22O7S/c12-2-5-19-4-1-3-17-11-10(16)9(15)8(14)7(6-13)18-11/h7-16H,1-6H2/t7-,8-,9+,10-,11+/m1/s1. The second-order valence-corrected chi connectivity index (χ2v) is 5.48. The van der Waals surface area contributed by atoms with Gasteiger partial charge in [-0.2, -0.15) is 11.8 Å². The van der Waals surface area contributed by atoms with Crippen LogP contribution in [0.1, 0.15) is 6.42 Å². The maximum absolute atomic E-state index is 9.68. The fraction of sp³-hybridized carbons (Fsp3) is 1.00. The Morgan fingerprint density at radius 2 is 1.74 bits per heavy atom. The topological polar surface area (TPSA) is 120 Å². The summed E-state index contributed by atoms with van der Waals surface area (Å²) in [6, 6.07) is 0. The van der Waals surface area contributed by atoms with Gasteiger partial charge in [-0.1, -0.05) is 0 Å². The van der Waals surface area contributed by atoms with Crippen LogP contribution >= 0.6 is 11.8 Å².